The summed E-state index contributed by atoms with van der Waals surface area (Å²) in [4.78, 5) is 1.39. The van der Waals surface area contributed by atoms with Crippen LogP contribution in [0.25, 0.3) is 0 Å². The third-order valence-electron chi connectivity index (χ3n) is 4.01. The molecule has 0 fully saturated rings. The van der Waals surface area contributed by atoms with E-state index in [1.807, 2.05) is 0 Å². The first-order valence-electron chi connectivity index (χ1n) is 6.83. The fourth-order valence-electron chi connectivity index (χ4n) is 2.98. The lowest BCUT2D eigenvalue weighted by Crippen LogP contribution is -2.24. The molecule has 1 heterocycles. The molecule has 106 valence electrons. The van der Waals surface area contributed by atoms with E-state index in [0.717, 1.165) is 24.8 Å². The Balaban J connectivity index is 1.79. The maximum Gasteiger partial charge on any atom is 0.124 e. The number of fused-ring (bicyclic) bond motifs is 1. The van der Waals surface area contributed by atoms with Crippen LogP contribution in [0.5, 0.6) is 0 Å². The SMILES string of the molecule is OC(Cc1ccc(F)cc1Cl)C1CCCc2sccc21. The van der Waals surface area contributed by atoms with Gasteiger partial charge in [0.05, 0.1) is 6.10 Å². The second kappa shape index (κ2) is 5.84. The number of aryl methyl sites for hydroxylation is 1. The molecule has 1 aliphatic rings. The predicted octanol–water partition coefficient (Wildman–Crippen LogP) is 4.56. The minimum atomic E-state index is -0.466. The van der Waals surface area contributed by atoms with Crippen molar-refractivity contribution in [2.24, 2.45) is 0 Å². The minimum absolute atomic E-state index is 0.172. The van der Waals surface area contributed by atoms with Gasteiger partial charge in [-0.25, -0.2) is 4.39 Å². The normalized spacial score (nSPS) is 19.6. The van der Waals surface area contributed by atoms with Crippen LogP contribution in [0.2, 0.25) is 5.02 Å². The summed E-state index contributed by atoms with van der Waals surface area (Å²) < 4.78 is 13.0. The Morgan fingerprint density at radius 1 is 1.40 bits per heavy atom. The molecule has 0 aliphatic heterocycles. The van der Waals surface area contributed by atoms with Crippen LogP contribution in [-0.2, 0) is 12.8 Å². The van der Waals surface area contributed by atoms with Crippen LogP contribution in [0.3, 0.4) is 0 Å². The van der Waals surface area contributed by atoms with E-state index in [2.05, 4.69) is 11.4 Å². The fourth-order valence-corrected chi connectivity index (χ4v) is 4.22. The van der Waals surface area contributed by atoms with E-state index in [1.54, 1.807) is 17.4 Å². The summed E-state index contributed by atoms with van der Waals surface area (Å²) >= 11 is 7.81. The molecule has 2 unspecified atom stereocenters. The fraction of sp³-hybridized carbons (Fsp3) is 0.375. The van der Waals surface area contributed by atoms with Crippen molar-refractivity contribution in [2.75, 3.05) is 0 Å². The summed E-state index contributed by atoms with van der Waals surface area (Å²) in [5, 5.41) is 13.0. The van der Waals surface area contributed by atoms with Gasteiger partial charge in [0.15, 0.2) is 0 Å². The summed E-state index contributed by atoms with van der Waals surface area (Å²) in [5.41, 5.74) is 2.09. The van der Waals surface area contributed by atoms with Crippen LogP contribution < -0.4 is 0 Å². The molecule has 1 nitrogen and oxygen atoms in total. The van der Waals surface area contributed by atoms with Gasteiger partial charge in [0.25, 0.3) is 0 Å². The van der Waals surface area contributed by atoms with Gasteiger partial charge in [0.1, 0.15) is 5.82 Å². The van der Waals surface area contributed by atoms with Crippen LogP contribution >= 0.6 is 22.9 Å². The highest BCUT2D eigenvalue weighted by Gasteiger charge is 2.27. The lowest BCUT2D eigenvalue weighted by Gasteiger charge is -2.27. The summed E-state index contributed by atoms with van der Waals surface area (Å²) in [6.45, 7) is 0. The van der Waals surface area contributed by atoms with Gasteiger partial charge in [-0.2, -0.15) is 0 Å². The van der Waals surface area contributed by atoms with Gasteiger partial charge in [-0.1, -0.05) is 17.7 Å². The summed E-state index contributed by atoms with van der Waals surface area (Å²) in [7, 11) is 0. The van der Waals surface area contributed by atoms with Crippen molar-refractivity contribution in [1.29, 1.82) is 0 Å². The number of aliphatic hydroxyl groups is 1. The lowest BCUT2D eigenvalue weighted by atomic mass is 9.82. The molecule has 1 aliphatic carbocycles. The number of halogens is 2. The first-order chi connectivity index (χ1) is 9.65. The molecule has 0 bridgehead atoms. The molecule has 0 saturated heterocycles. The summed E-state index contributed by atoms with van der Waals surface area (Å²) in [5.74, 6) is -0.169. The summed E-state index contributed by atoms with van der Waals surface area (Å²) in [6.07, 6.45) is 3.24. The number of rotatable bonds is 3. The standard InChI is InChI=1S/C16H16ClFOS/c17-14-9-11(18)5-4-10(14)8-15(19)12-2-1-3-16-13(12)6-7-20-16/h4-7,9,12,15,19H,1-3,8H2. The monoisotopic (exact) mass is 310 g/mol. The number of aliphatic hydroxyl groups excluding tert-OH is 1. The van der Waals surface area contributed by atoms with E-state index in [0.29, 0.717) is 11.4 Å². The molecule has 4 heteroatoms. The van der Waals surface area contributed by atoms with Crippen LogP contribution in [0.15, 0.2) is 29.6 Å². The van der Waals surface area contributed by atoms with Gasteiger partial charge in [-0.3, -0.25) is 0 Å². The Labute approximate surface area is 127 Å². The van der Waals surface area contributed by atoms with Gasteiger partial charge in [0, 0.05) is 22.2 Å². The van der Waals surface area contributed by atoms with E-state index < -0.39 is 6.10 Å². The van der Waals surface area contributed by atoms with Crippen molar-refractivity contribution < 1.29 is 9.50 Å². The molecule has 0 spiro atoms. The van der Waals surface area contributed by atoms with Crippen molar-refractivity contribution in [2.45, 2.75) is 37.7 Å². The molecular weight excluding hydrogens is 295 g/mol. The predicted molar refractivity (Wildman–Crippen MR) is 81.1 cm³/mol. The van der Waals surface area contributed by atoms with Crippen LogP contribution in [0.4, 0.5) is 4.39 Å². The van der Waals surface area contributed by atoms with E-state index >= 15 is 0 Å². The van der Waals surface area contributed by atoms with E-state index in [4.69, 9.17) is 11.6 Å². The molecule has 2 aromatic rings. The molecule has 0 saturated carbocycles. The lowest BCUT2D eigenvalue weighted by molar-refractivity contribution is 0.135. The van der Waals surface area contributed by atoms with Crippen molar-refractivity contribution in [1.82, 2.24) is 0 Å². The van der Waals surface area contributed by atoms with Gasteiger partial charge in [0.2, 0.25) is 0 Å². The Morgan fingerprint density at radius 3 is 3.05 bits per heavy atom. The van der Waals surface area contributed by atoms with Gasteiger partial charge >= 0.3 is 0 Å². The molecule has 1 N–H and O–H groups in total. The average Bonchev–Trinajstić information content (AvgIpc) is 2.90. The van der Waals surface area contributed by atoms with E-state index in [9.17, 15) is 9.50 Å². The highest BCUT2D eigenvalue weighted by atomic mass is 35.5. The van der Waals surface area contributed by atoms with Crippen molar-refractivity contribution in [3.8, 4) is 0 Å². The number of hydrogen-bond acceptors (Lipinski definition) is 2. The number of thiophene rings is 1. The smallest absolute Gasteiger partial charge is 0.124 e. The van der Waals surface area contributed by atoms with Crippen LogP contribution in [-0.4, -0.2) is 11.2 Å². The maximum atomic E-state index is 13.0. The third-order valence-corrected chi connectivity index (χ3v) is 5.36. The molecule has 1 aromatic carbocycles. The van der Waals surface area contributed by atoms with E-state index in [1.165, 1.54) is 22.6 Å². The topological polar surface area (TPSA) is 20.2 Å². The molecule has 3 rings (SSSR count). The zero-order valence-corrected chi connectivity index (χ0v) is 12.6. The van der Waals surface area contributed by atoms with E-state index in [-0.39, 0.29) is 11.7 Å². The van der Waals surface area contributed by atoms with Crippen LogP contribution in [0.1, 0.15) is 34.8 Å². The average molecular weight is 311 g/mol. The summed E-state index contributed by atoms with van der Waals surface area (Å²) in [6, 6.07) is 6.49. The molecular formula is C16H16ClFOS. The maximum absolute atomic E-state index is 13.0. The zero-order valence-electron chi connectivity index (χ0n) is 11.0. The number of benzene rings is 1. The van der Waals surface area contributed by atoms with Crippen molar-refractivity contribution in [3.05, 3.63) is 56.5 Å². The molecule has 0 radical (unpaired) electrons. The molecule has 20 heavy (non-hydrogen) atoms. The largest absolute Gasteiger partial charge is 0.392 e. The first kappa shape index (κ1) is 14.1. The molecule has 0 amide bonds. The highest BCUT2D eigenvalue weighted by Crippen LogP contribution is 2.38. The minimum Gasteiger partial charge on any atom is -0.392 e. The second-order valence-electron chi connectivity index (χ2n) is 5.31. The van der Waals surface area contributed by atoms with Crippen molar-refractivity contribution >= 4 is 22.9 Å². The van der Waals surface area contributed by atoms with Gasteiger partial charge in [-0.15, -0.1) is 11.3 Å². The van der Waals surface area contributed by atoms with Gasteiger partial charge in [-0.05, 0) is 54.0 Å². The third kappa shape index (κ3) is 2.76. The Bertz CT molecular complexity index is 610. The Kier molecular flexibility index (Phi) is 4.11. The quantitative estimate of drug-likeness (QED) is 0.881. The zero-order chi connectivity index (χ0) is 14.1. The Hall–Kier alpha value is -0.900. The molecule has 2 atom stereocenters. The Morgan fingerprint density at radius 2 is 2.25 bits per heavy atom. The van der Waals surface area contributed by atoms with Crippen LogP contribution in [0, 0.1) is 5.82 Å². The highest BCUT2D eigenvalue weighted by molar-refractivity contribution is 7.10. The second-order valence-corrected chi connectivity index (χ2v) is 6.71. The first-order valence-corrected chi connectivity index (χ1v) is 8.09. The number of hydrogen-bond donors (Lipinski definition) is 1. The molecule has 1 aromatic heterocycles. The van der Waals surface area contributed by atoms with Crippen molar-refractivity contribution in [3.63, 3.8) is 0 Å². The van der Waals surface area contributed by atoms with Gasteiger partial charge < -0.3 is 5.11 Å².